The van der Waals surface area contributed by atoms with Gasteiger partial charge in [-0.15, -0.1) is 0 Å². The Hall–Kier alpha value is -2.87. The van der Waals surface area contributed by atoms with E-state index in [0.29, 0.717) is 28.2 Å². The first kappa shape index (κ1) is 21.4. The van der Waals surface area contributed by atoms with Gasteiger partial charge in [-0.3, -0.25) is 9.36 Å². The van der Waals surface area contributed by atoms with E-state index in [0.717, 1.165) is 16.9 Å². The van der Waals surface area contributed by atoms with Crippen LogP contribution in [0.5, 0.6) is 0 Å². The molecule has 0 bridgehead atoms. The van der Waals surface area contributed by atoms with Gasteiger partial charge in [-0.25, -0.2) is 0 Å². The summed E-state index contributed by atoms with van der Waals surface area (Å²) in [4.78, 5) is 0. The number of nitrogens with zero attached hydrogens (tertiary/aromatic N) is 4. The van der Waals surface area contributed by atoms with Crippen molar-refractivity contribution in [3.05, 3.63) is 94.0 Å². The maximum atomic E-state index is 6.24. The topological polar surface area (TPSA) is 59.7 Å². The molecule has 0 aliphatic heterocycles. The molecule has 0 atom stereocenters. The van der Waals surface area contributed by atoms with E-state index in [2.05, 4.69) is 46.0 Å². The summed E-state index contributed by atoms with van der Waals surface area (Å²) in [6.07, 6.45) is 7.23. The maximum Gasteiger partial charge on any atom is 0.175 e. The Morgan fingerprint density at radius 3 is 2.26 bits per heavy atom. The molecule has 0 radical (unpaired) electrons. The number of nitrogens with one attached hydrogen (secondary N) is 2. The maximum absolute atomic E-state index is 6.24. The highest BCUT2D eigenvalue weighted by Gasteiger charge is 2.07. The van der Waals surface area contributed by atoms with Gasteiger partial charge in [0.1, 0.15) is 0 Å². The van der Waals surface area contributed by atoms with Crippen LogP contribution in [0.4, 0.5) is 11.4 Å². The second kappa shape index (κ2) is 9.51. The lowest BCUT2D eigenvalue weighted by molar-refractivity contribution is 0.686. The van der Waals surface area contributed by atoms with Gasteiger partial charge in [0.2, 0.25) is 0 Å². The molecule has 6 nitrogen and oxygen atoms in total. The van der Waals surface area contributed by atoms with Crippen LogP contribution in [0.2, 0.25) is 10.0 Å². The van der Waals surface area contributed by atoms with E-state index < -0.39 is 0 Å². The number of halogens is 2. The Morgan fingerprint density at radius 1 is 0.935 bits per heavy atom. The number of anilines is 2. The van der Waals surface area contributed by atoms with Crippen molar-refractivity contribution in [1.29, 1.82) is 0 Å². The highest BCUT2D eigenvalue weighted by Crippen LogP contribution is 2.22. The third-order valence-corrected chi connectivity index (χ3v) is 5.35. The number of aryl methyl sites for hydroxylation is 1. The minimum atomic E-state index is 0.458. The Kier molecular flexibility index (Phi) is 6.56. The largest absolute Gasteiger partial charge is 0.330 e. The normalized spacial score (nSPS) is 10.8. The number of hydrogen-bond donors (Lipinski definition) is 2. The fourth-order valence-corrected chi connectivity index (χ4v) is 3.85. The summed E-state index contributed by atoms with van der Waals surface area (Å²) in [5, 5.41) is 16.7. The molecule has 0 unspecified atom stereocenters. The molecule has 2 N–H and O–H groups in total. The molecule has 0 saturated heterocycles. The van der Waals surface area contributed by atoms with Crippen LogP contribution in [0, 0.1) is 6.92 Å². The molecule has 2 aromatic carbocycles. The molecule has 0 saturated carbocycles. The number of aromatic nitrogens is 4. The van der Waals surface area contributed by atoms with Crippen LogP contribution < -0.4 is 10.6 Å². The van der Waals surface area contributed by atoms with Crippen LogP contribution in [0.15, 0.2) is 67.3 Å². The van der Waals surface area contributed by atoms with Gasteiger partial charge >= 0.3 is 0 Å². The molecule has 158 valence electrons. The SMILES string of the molecule is Cc1cccc(Cn2cc(NC(=S)Nc3cnn(Cc4ccc(Cl)cc4Cl)c3)cn2)c1. The standard InChI is InChI=1S/C22H20Cl2N6S/c1-15-3-2-4-16(7-15)11-29-13-19(9-25-29)27-22(31)28-20-10-26-30(14-20)12-17-5-6-18(23)8-21(17)24/h2-10,13-14H,11-12H2,1H3,(H2,27,28,31). The predicted molar refractivity (Wildman–Crippen MR) is 130 cm³/mol. The van der Waals surface area contributed by atoms with Gasteiger partial charge in [-0.2, -0.15) is 10.2 Å². The van der Waals surface area contributed by atoms with Gasteiger partial charge in [0.05, 0.1) is 36.9 Å². The zero-order valence-corrected chi connectivity index (χ0v) is 19.0. The van der Waals surface area contributed by atoms with Crippen LogP contribution in [0.3, 0.4) is 0 Å². The van der Waals surface area contributed by atoms with Crippen LogP contribution >= 0.6 is 35.4 Å². The first-order chi connectivity index (χ1) is 14.9. The Labute approximate surface area is 195 Å². The van der Waals surface area contributed by atoms with E-state index in [1.165, 1.54) is 11.1 Å². The summed E-state index contributed by atoms with van der Waals surface area (Å²) >= 11 is 17.6. The summed E-state index contributed by atoms with van der Waals surface area (Å²) in [5.74, 6) is 0. The quantitative estimate of drug-likeness (QED) is 0.359. The lowest BCUT2D eigenvalue weighted by Crippen LogP contribution is -2.18. The fourth-order valence-electron chi connectivity index (χ4n) is 3.14. The fraction of sp³-hybridized carbons (Fsp3) is 0.136. The van der Waals surface area contributed by atoms with Crippen molar-refractivity contribution in [2.24, 2.45) is 0 Å². The summed E-state index contributed by atoms with van der Waals surface area (Å²) in [6.45, 7) is 3.31. The molecule has 2 heterocycles. The monoisotopic (exact) mass is 470 g/mol. The Bertz CT molecular complexity index is 1220. The molecular weight excluding hydrogens is 451 g/mol. The van der Waals surface area contributed by atoms with Crippen molar-refractivity contribution in [1.82, 2.24) is 19.6 Å². The molecule has 0 fully saturated rings. The molecular formula is C22H20Cl2N6S. The molecule has 0 amide bonds. The lowest BCUT2D eigenvalue weighted by Gasteiger charge is -2.07. The van der Waals surface area contributed by atoms with Crippen molar-refractivity contribution in [3.63, 3.8) is 0 Å². The first-order valence-electron chi connectivity index (χ1n) is 9.57. The summed E-state index contributed by atoms with van der Waals surface area (Å²) in [6, 6.07) is 13.8. The molecule has 4 rings (SSSR count). The number of thiocarbonyl (C=S) groups is 1. The van der Waals surface area contributed by atoms with E-state index in [1.807, 2.05) is 35.3 Å². The van der Waals surface area contributed by atoms with Crippen LogP contribution in [0.1, 0.15) is 16.7 Å². The van der Waals surface area contributed by atoms with Crippen LogP contribution in [-0.2, 0) is 13.1 Å². The second-order valence-electron chi connectivity index (χ2n) is 7.16. The van der Waals surface area contributed by atoms with Crippen molar-refractivity contribution >= 4 is 51.9 Å². The van der Waals surface area contributed by atoms with E-state index in [-0.39, 0.29) is 0 Å². The summed E-state index contributed by atoms with van der Waals surface area (Å²) in [5.41, 5.74) is 4.94. The third kappa shape index (κ3) is 5.85. The minimum absolute atomic E-state index is 0.458. The Morgan fingerprint density at radius 2 is 1.61 bits per heavy atom. The van der Waals surface area contributed by atoms with Gasteiger partial charge in [-0.1, -0.05) is 59.1 Å². The van der Waals surface area contributed by atoms with Crippen molar-refractivity contribution in [3.8, 4) is 0 Å². The molecule has 4 aromatic rings. The smallest absolute Gasteiger partial charge is 0.175 e. The molecule has 2 aromatic heterocycles. The van der Waals surface area contributed by atoms with Gasteiger partial charge in [0.15, 0.2) is 5.11 Å². The molecule has 9 heteroatoms. The van der Waals surface area contributed by atoms with E-state index in [4.69, 9.17) is 35.4 Å². The molecule has 0 aliphatic rings. The van der Waals surface area contributed by atoms with E-state index >= 15 is 0 Å². The highest BCUT2D eigenvalue weighted by molar-refractivity contribution is 7.80. The van der Waals surface area contributed by atoms with Gasteiger partial charge < -0.3 is 10.6 Å². The summed E-state index contributed by atoms with van der Waals surface area (Å²) < 4.78 is 3.65. The highest BCUT2D eigenvalue weighted by atomic mass is 35.5. The van der Waals surface area contributed by atoms with Crippen molar-refractivity contribution in [2.75, 3.05) is 10.6 Å². The number of benzene rings is 2. The molecule has 0 aliphatic carbocycles. The van der Waals surface area contributed by atoms with Gasteiger partial charge in [-0.05, 0) is 42.4 Å². The zero-order chi connectivity index (χ0) is 21.8. The van der Waals surface area contributed by atoms with Crippen molar-refractivity contribution < 1.29 is 0 Å². The lowest BCUT2D eigenvalue weighted by atomic mass is 10.1. The predicted octanol–water partition coefficient (Wildman–Crippen LogP) is 5.60. The second-order valence-corrected chi connectivity index (χ2v) is 8.41. The van der Waals surface area contributed by atoms with Crippen molar-refractivity contribution in [2.45, 2.75) is 20.0 Å². The third-order valence-electron chi connectivity index (χ3n) is 4.56. The average Bonchev–Trinajstić information content (AvgIpc) is 3.33. The van der Waals surface area contributed by atoms with Crippen LogP contribution in [0.25, 0.3) is 0 Å². The van der Waals surface area contributed by atoms with E-state index in [9.17, 15) is 0 Å². The average molecular weight is 471 g/mol. The van der Waals surface area contributed by atoms with Gasteiger partial charge in [0, 0.05) is 22.4 Å². The number of hydrogen-bond acceptors (Lipinski definition) is 3. The first-order valence-corrected chi connectivity index (χ1v) is 10.7. The van der Waals surface area contributed by atoms with E-state index in [1.54, 1.807) is 23.1 Å². The molecule has 0 spiro atoms. The summed E-state index contributed by atoms with van der Waals surface area (Å²) in [7, 11) is 0. The van der Waals surface area contributed by atoms with Crippen LogP contribution in [-0.4, -0.2) is 24.7 Å². The minimum Gasteiger partial charge on any atom is -0.330 e. The van der Waals surface area contributed by atoms with Gasteiger partial charge in [0.25, 0.3) is 0 Å². The number of rotatable bonds is 6. The Balaban J connectivity index is 1.33. The zero-order valence-electron chi connectivity index (χ0n) is 16.7. The molecule has 31 heavy (non-hydrogen) atoms.